The average molecular weight is 228 g/mol. The van der Waals surface area contributed by atoms with Crippen LogP contribution >= 0.6 is 0 Å². The van der Waals surface area contributed by atoms with Gasteiger partial charge in [-0.2, -0.15) is 0 Å². The lowest BCUT2D eigenvalue weighted by Crippen LogP contribution is -2.03. The van der Waals surface area contributed by atoms with Crippen molar-refractivity contribution in [3.8, 4) is 5.75 Å². The number of rotatable bonds is 4. The molecule has 3 nitrogen and oxygen atoms in total. The molecule has 0 bridgehead atoms. The Morgan fingerprint density at radius 2 is 2.00 bits per heavy atom. The van der Waals surface area contributed by atoms with Crippen LogP contribution in [0.1, 0.15) is 11.3 Å². The van der Waals surface area contributed by atoms with Gasteiger partial charge in [0.1, 0.15) is 5.75 Å². The van der Waals surface area contributed by atoms with Crippen molar-refractivity contribution in [1.82, 2.24) is 4.98 Å². The van der Waals surface area contributed by atoms with E-state index in [1.807, 2.05) is 43.5 Å². The summed E-state index contributed by atoms with van der Waals surface area (Å²) < 4.78 is 5.29. The van der Waals surface area contributed by atoms with E-state index in [0.717, 1.165) is 23.7 Å². The number of para-hydroxylation sites is 2. The van der Waals surface area contributed by atoms with E-state index in [1.165, 1.54) is 5.56 Å². The van der Waals surface area contributed by atoms with Crippen LogP contribution in [0.25, 0.3) is 0 Å². The monoisotopic (exact) mass is 228 g/mol. The van der Waals surface area contributed by atoms with Gasteiger partial charge in [-0.3, -0.25) is 4.98 Å². The lowest BCUT2D eigenvalue weighted by molar-refractivity contribution is 0.416. The molecule has 0 spiro atoms. The van der Waals surface area contributed by atoms with Crippen LogP contribution in [-0.2, 0) is 6.54 Å². The van der Waals surface area contributed by atoms with Gasteiger partial charge in [0.2, 0.25) is 0 Å². The Labute approximate surface area is 101 Å². The maximum absolute atomic E-state index is 5.29. The maximum Gasteiger partial charge on any atom is 0.141 e. The summed E-state index contributed by atoms with van der Waals surface area (Å²) in [6.45, 7) is 2.76. The SMILES string of the molecule is COc1ccccc1NCc1cccnc1C. The predicted molar refractivity (Wildman–Crippen MR) is 69.3 cm³/mol. The third kappa shape index (κ3) is 2.75. The van der Waals surface area contributed by atoms with Crippen molar-refractivity contribution in [2.75, 3.05) is 12.4 Å². The summed E-state index contributed by atoms with van der Waals surface area (Å²) in [5.74, 6) is 0.856. The topological polar surface area (TPSA) is 34.1 Å². The van der Waals surface area contributed by atoms with Gasteiger partial charge in [-0.15, -0.1) is 0 Å². The molecule has 0 unspecified atom stereocenters. The van der Waals surface area contributed by atoms with Gasteiger partial charge in [-0.1, -0.05) is 18.2 Å². The number of hydrogen-bond acceptors (Lipinski definition) is 3. The molecule has 0 fully saturated rings. The number of hydrogen-bond donors (Lipinski definition) is 1. The molecule has 1 aromatic carbocycles. The molecule has 0 saturated carbocycles. The highest BCUT2D eigenvalue weighted by molar-refractivity contribution is 5.56. The molecular weight excluding hydrogens is 212 g/mol. The van der Waals surface area contributed by atoms with Gasteiger partial charge < -0.3 is 10.1 Å². The van der Waals surface area contributed by atoms with Crippen molar-refractivity contribution in [3.05, 3.63) is 53.9 Å². The second-order valence-electron chi connectivity index (χ2n) is 3.80. The third-order valence-corrected chi connectivity index (χ3v) is 2.69. The molecule has 88 valence electrons. The summed E-state index contributed by atoms with van der Waals surface area (Å²) in [7, 11) is 1.68. The van der Waals surface area contributed by atoms with E-state index in [4.69, 9.17) is 4.74 Å². The molecule has 0 aliphatic heterocycles. The first-order valence-corrected chi connectivity index (χ1v) is 5.58. The van der Waals surface area contributed by atoms with E-state index >= 15 is 0 Å². The van der Waals surface area contributed by atoms with Crippen LogP contribution in [0.3, 0.4) is 0 Å². The normalized spacial score (nSPS) is 10.0. The first-order chi connectivity index (χ1) is 8.31. The Morgan fingerprint density at radius 3 is 2.76 bits per heavy atom. The minimum Gasteiger partial charge on any atom is -0.495 e. The Hall–Kier alpha value is -2.03. The summed E-state index contributed by atoms with van der Waals surface area (Å²) in [5, 5.41) is 3.36. The van der Waals surface area contributed by atoms with E-state index < -0.39 is 0 Å². The molecule has 17 heavy (non-hydrogen) atoms. The molecule has 0 saturated heterocycles. The predicted octanol–water partition coefficient (Wildman–Crippen LogP) is 3.01. The Kier molecular flexibility index (Phi) is 3.60. The molecule has 0 atom stereocenters. The zero-order chi connectivity index (χ0) is 12.1. The average Bonchev–Trinajstić information content (AvgIpc) is 2.38. The highest BCUT2D eigenvalue weighted by Gasteiger charge is 2.02. The van der Waals surface area contributed by atoms with Crippen molar-refractivity contribution in [2.45, 2.75) is 13.5 Å². The number of nitrogens with one attached hydrogen (secondary N) is 1. The lowest BCUT2D eigenvalue weighted by Gasteiger charge is -2.11. The largest absolute Gasteiger partial charge is 0.495 e. The summed E-state index contributed by atoms with van der Waals surface area (Å²) in [6.07, 6.45) is 1.81. The first kappa shape index (κ1) is 11.5. The lowest BCUT2D eigenvalue weighted by atomic mass is 10.2. The fraction of sp³-hybridized carbons (Fsp3) is 0.214. The highest BCUT2D eigenvalue weighted by atomic mass is 16.5. The molecule has 1 aromatic heterocycles. The second kappa shape index (κ2) is 5.34. The number of methoxy groups -OCH3 is 1. The van der Waals surface area contributed by atoms with E-state index in [-0.39, 0.29) is 0 Å². The number of anilines is 1. The van der Waals surface area contributed by atoms with E-state index in [1.54, 1.807) is 7.11 Å². The van der Waals surface area contributed by atoms with Crippen molar-refractivity contribution in [3.63, 3.8) is 0 Å². The highest BCUT2D eigenvalue weighted by Crippen LogP contribution is 2.23. The van der Waals surface area contributed by atoms with Gasteiger partial charge >= 0.3 is 0 Å². The van der Waals surface area contributed by atoms with E-state index in [9.17, 15) is 0 Å². The Morgan fingerprint density at radius 1 is 1.18 bits per heavy atom. The molecule has 2 rings (SSSR count). The Bertz CT molecular complexity index is 497. The van der Waals surface area contributed by atoms with Crippen molar-refractivity contribution >= 4 is 5.69 Å². The van der Waals surface area contributed by atoms with Crippen LogP contribution in [-0.4, -0.2) is 12.1 Å². The summed E-state index contributed by atoms with van der Waals surface area (Å²) in [6, 6.07) is 11.9. The van der Waals surface area contributed by atoms with Gasteiger partial charge in [-0.25, -0.2) is 0 Å². The number of nitrogens with zero attached hydrogens (tertiary/aromatic N) is 1. The molecule has 3 heteroatoms. The minimum atomic E-state index is 0.750. The zero-order valence-corrected chi connectivity index (χ0v) is 10.1. The fourth-order valence-corrected chi connectivity index (χ4v) is 1.69. The van der Waals surface area contributed by atoms with Crippen molar-refractivity contribution in [2.24, 2.45) is 0 Å². The zero-order valence-electron chi connectivity index (χ0n) is 10.1. The quantitative estimate of drug-likeness (QED) is 0.873. The summed E-state index contributed by atoms with van der Waals surface area (Å²) >= 11 is 0. The van der Waals surface area contributed by atoms with Gasteiger partial charge in [0.15, 0.2) is 0 Å². The summed E-state index contributed by atoms with van der Waals surface area (Å²) in [5.41, 5.74) is 3.24. The maximum atomic E-state index is 5.29. The van der Waals surface area contributed by atoms with Crippen LogP contribution in [0, 0.1) is 6.92 Å². The number of aromatic nitrogens is 1. The smallest absolute Gasteiger partial charge is 0.141 e. The first-order valence-electron chi connectivity index (χ1n) is 5.58. The van der Waals surface area contributed by atoms with Gasteiger partial charge in [0, 0.05) is 18.4 Å². The molecule has 0 radical (unpaired) electrons. The van der Waals surface area contributed by atoms with Crippen LogP contribution < -0.4 is 10.1 Å². The van der Waals surface area contributed by atoms with Gasteiger partial charge in [0.25, 0.3) is 0 Å². The van der Waals surface area contributed by atoms with E-state index in [2.05, 4.69) is 16.4 Å². The molecule has 1 N–H and O–H groups in total. The third-order valence-electron chi connectivity index (χ3n) is 2.69. The van der Waals surface area contributed by atoms with Crippen molar-refractivity contribution in [1.29, 1.82) is 0 Å². The van der Waals surface area contributed by atoms with Crippen LogP contribution in [0.2, 0.25) is 0 Å². The molecule has 2 aromatic rings. The number of ether oxygens (including phenoxy) is 1. The second-order valence-corrected chi connectivity index (χ2v) is 3.80. The molecule has 1 heterocycles. The van der Waals surface area contributed by atoms with Crippen molar-refractivity contribution < 1.29 is 4.74 Å². The fourth-order valence-electron chi connectivity index (χ4n) is 1.69. The standard InChI is InChI=1S/C14H16N2O/c1-11-12(6-5-9-15-11)10-16-13-7-3-4-8-14(13)17-2/h3-9,16H,10H2,1-2H3. The molecular formula is C14H16N2O. The van der Waals surface area contributed by atoms with Crippen LogP contribution in [0.5, 0.6) is 5.75 Å². The number of benzene rings is 1. The number of pyridine rings is 1. The molecule has 0 aliphatic rings. The van der Waals surface area contributed by atoms with Gasteiger partial charge in [-0.05, 0) is 30.7 Å². The minimum absolute atomic E-state index is 0.750. The molecule has 0 amide bonds. The summed E-state index contributed by atoms with van der Waals surface area (Å²) in [4.78, 5) is 4.26. The Balaban J connectivity index is 2.10. The van der Waals surface area contributed by atoms with Crippen LogP contribution in [0.4, 0.5) is 5.69 Å². The van der Waals surface area contributed by atoms with Crippen LogP contribution in [0.15, 0.2) is 42.6 Å². The van der Waals surface area contributed by atoms with E-state index in [0.29, 0.717) is 0 Å². The van der Waals surface area contributed by atoms with Gasteiger partial charge in [0.05, 0.1) is 12.8 Å². The molecule has 0 aliphatic carbocycles. The number of aryl methyl sites for hydroxylation is 1.